The zero-order valence-electron chi connectivity index (χ0n) is 16.4. The Bertz CT molecular complexity index is 914. The summed E-state index contributed by atoms with van der Waals surface area (Å²) < 4.78 is 5.24. The van der Waals surface area contributed by atoms with Crippen LogP contribution in [0, 0.1) is 0 Å². The van der Waals surface area contributed by atoms with Crippen molar-refractivity contribution >= 4 is 17.7 Å². The Morgan fingerprint density at radius 3 is 2.59 bits per heavy atom. The first kappa shape index (κ1) is 17.7. The lowest BCUT2D eigenvalue weighted by molar-refractivity contribution is -0.118. The fourth-order valence-corrected chi connectivity index (χ4v) is 4.37. The van der Waals surface area contributed by atoms with Gasteiger partial charge >= 0.3 is 0 Å². The molecule has 0 radical (unpaired) electrons. The maximum atomic E-state index is 12.4. The van der Waals surface area contributed by atoms with Gasteiger partial charge in [0, 0.05) is 11.1 Å². The molecule has 0 bridgehead atoms. The van der Waals surface area contributed by atoms with E-state index in [1.54, 1.807) is 7.11 Å². The van der Waals surface area contributed by atoms with E-state index in [1.165, 1.54) is 11.1 Å². The van der Waals surface area contributed by atoms with E-state index in [4.69, 9.17) is 4.74 Å². The minimum absolute atomic E-state index is 0.0627. The van der Waals surface area contributed by atoms with E-state index in [1.807, 2.05) is 24.3 Å². The Morgan fingerprint density at radius 1 is 1.19 bits per heavy atom. The minimum atomic E-state index is -0.557. The van der Waals surface area contributed by atoms with Gasteiger partial charge in [-0.05, 0) is 47.4 Å². The van der Waals surface area contributed by atoms with E-state index in [-0.39, 0.29) is 11.3 Å². The highest BCUT2D eigenvalue weighted by atomic mass is 16.5. The highest BCUT2D eigenvalue weighted by molar-refractivity contribution is 5.91. The largest absolute Gasteiger partial charge is 0.497 e. The number of amides is 1. The molecule has 140 valence electrons. The molecule has 2 aliphatic rings. The number of methoxy groups -OCH3 is 1. The summed E-state index contributed by atoms with van der Waals surface area (Å²) >= 11 is 0. The van der Waals surface area contributed by atoms with E-state index < -0.39 is 5.66 Å². The number of anilines is 1. The molecule has 1 saturated heterocycles. The standard InChI is InChI=1S/C23H26N2O2/c1-5-16-8-11-20-19(14-16)22(2,3)23(24-21(26)15-25(20)23)13-12-17-6-9-18(27-4)10-7-17/h6-14H,5,15H2,1-4H3,(H,24,26)/t23-/m1/s1. The molecule has 0 spiro atoms. The van der Waals surface area contributed by atoms with Gasteiger partial charge in [-0.2, -0.15) is 0 Å². The van der Waals surface area contributed by atoms with Gasteiger partial charge in [0.25, 0.3) is 0 Å². The smallest absolute Gasteiger partial charge is 0.241 e. The monoisotopic (exact) mass is 362 g/mol. The van der Waals surface area contributed by atoms with Crippen molar-refractivity contribution in [1.29, 1.82) is 0 Å². The Balaban J connectivity index is 1.78. The number of hydrogen-bond donors (Lipinski definition) is 1. The number of carbonyl (C=O) groups excluding carboxylic acids is 1. The number of hydrogen-bond acceptors (Lipinski definition) is 3. The summed E-state index contributed by atoms with van der Waals surface area (Å²) in [5.41, 5.74) is 4.04. The molecule has 2 aromatic rings. The molecule has 0 aromatic heterocycles. The highest BCUT2D eigenvalue weighted by Crippen LogP contribution is 2.53. The summed E-state index contributed by atoms with van der Waals surface area (Å²) in [6.45, 7) is 6.99. The number of rotatable bonds is 4. The summed E-state index contributed by atoms with van der Waals surface area (Å²) in [7, 11) is 1.67. The lowest BCUT2D eigenvalue weighted by Gasteiger charge is -2.40. The number of ether oxygens (including phenoxy) is 1. The number of benzene rings is 2. The molecule has 0 unspecified atom stereocenters. The van der Waals surface area contributed by atoms with Crippen LogP contribution in [0.3, 0.4) is 0 Å². The highest BCUT2D eigenvalue weighted by Gasteiger charge is 2.59. The molecule has 1 fully saturated rings. The van der Waals surface area contributed by atoms with Crippen molar-refractivity contribution < 1.29 is 9.53 Å². The molecule has 0 aliphatic carbocycles. The Labute approximate surface area is 160 Å². The summed E-state index contributed by atoms with van der Waals surface area (Å²) in [5, 5.41) is 3.27. The summed E-state index contributed by atoms with van der Waals surface area (Å²) in [6, 6.07) is 14.6. The van der Waals surface area contributed by atoms with Gasteiger partial charge in [-0.1, -0.05) is 51.1 Å². The van der Waals surface area contributed by atoms with Crippen LogP contribution in [0.15, 0.2) is 48.5 Å². The zero-order valence-corrected chi connectivity index (χ0v) is 16.4. The van der Waals surface area contributed by atoms with Gasteiger partial charge in [0.15, 0.2) is 0 Å². The number of carbonyl (C=O) groups is 1. The fraction of sp³-hybridized carbons (Fsp3) is 0.348. The summed E-state index contributed by atoms with van der Waals surface area (Å²) in [6.07, 6.45) is 5.24. The zero-order chi connectivity index (χ0) is 19.2. The molecular formula is C23H26N2O2. The van der Waals surface area contributed by atoms with Crippen LogP contribution in [-0.4, -0.2) is 25.2 Å². The molecule has 2 aromatic carbocycles. The van der Waals surface area contributed by atoms with E-state index in [9.17, 15) is 4.79 Å². The van der Waals surface area contributed by atoms with Crippen molar-refractivity contribution in [1.82, 2.24) is 5.32 Å². The van der Waals surface area contributed by atoms with Crippen molar-refractivity contribution in [2.24, 2.45) is 0 Å². The van der Waals surface area contributed by atoms with E-state index >= 15 is 0 Å². The lowest BCUT2D eigenvalue weighted by Crippen LogP contribution is -2.58. The molecule has 1 N–H and O–H groups in total. The van der Waals surface area contributed by atoms with Gasteiger partial charge in [-0.15, -0.1) is 0 Å². The Hall–Kier alpha value is -2.75. The number of nitrogens with one attached hydrogen (secondary N) is 1. The first-order chi connectivity index (χ1) is 12.9. The second kappa shape index (κ2) is 6.15. The van der Waals surface area contributed by atoms with Crippen molar-refractivity contribution in [3.8, 4) is 5.75 Å². The summed E-state index contributed by atoms with van der Waals surface area (Å²) in [4.78, 5) is 14.6. The topological polar surface area (TPSA) is 41.6 Å². The number of aryl methyl sites for hydroxylation is 1. The SMILES string of the molecule is CCc1ccc2c(c1)C(C)(C)[C@]1(C=Cc3ccc(OC)cc3)NC(=O)CN21. The average Bonchev–Trinajstić information content (AvgIpc) is 3.11. The Kier molecular flexibility index (Phi) is 4.02. The first-order valence-corrected chi connectivity index (χ1v) is 9.46. The average molecular weight is 362 g/mol. The third-order valence-corrected chi connectivity index (χ3v) is 6.08. The second-order valence-electron chi connectivity index (χ2n) is 7.84. The molecule has 4 heteroatoms. The van der Waals surface area contributed by atoms with E-state index in [0.717, 1.165) is 23.4 Å². The molecule has 2 heterocycles. The van der Waals surface area contributed by atoms with Crippen LogP contribution >= 0.6 is 0 Å². The van der Waals surface area contributed by atoms with Crippen LogP contribution in [-0.2, 0) is 16.6 Å². The molecule has 2 aliphatic heterocycles. The third kappa shape index (κ3) is 2.54. The lowest BCUT2D eigenvalue weighted by atomic mass is 9.75. The van der Waals surface area contributed by atoms with E-state index in [2.05, 4.69) is 61.3 Å². The minimum Gasteiger partial charge on any atom is -0.497 e. The van der Waals surface area contributed by atoms with Gasteiger partial charge in [0.2, 0.25) is 5.91 Å². The van der Waals surface area contributed by atoms with Crippen molar-refractivity contribution in [2.45, 2.75) is 38.3 Å². The quantitative estimate of drug-likeness (QED) is 0.897. The number of nitrogens with zero attached hydrogens (tertiary/aromatic N) is 1. The van der Waals surface area contributed by atoms with Crippen LogP contribution in [0.2, 0.25) is 0 Å². The molecule has 1 atom stereocenters. The molecule has 0 saturated carbocycles. The predicted molar refractivity (Wildman–Crippen MR) is 109 cm³/mol. The van der Waals surface area contributed by atoms with E-state index in [0.29, 0.717) is 6.54 Å². The van der Waals surface area contributed by atoms with Crippen LogP contribution in [0.4, 0.5) is 5.69 Å². The van der Waals surface area contributed by atoms with Crippen LogP contribution in [0.5, 0.6) is 5.75 Å². The Morgan fingerprint density at radius 2 is 1.93 bits per heavy atom. The van der Waals surface area contributed by atoms with Crippen LogP contribution in [0.1, 0.15) is 37.5 Å². The van der Waals surface area contributed by atoms with Crippen LogP contribution in [0.25, 0.3) is 6.08 Å². The normalized spacial score (nSPS) is 22.7. The maximum absolute atomic E-state index is 12.4. The fourth-order valence-electron chi connectivity index (χ4n) is 4.37. The molecule has 4 nitrogen and oxygen atoms in total. The van der Waals surface area contributed by atoms with Gasteiger partial charge < -0.3 is 15.0 Å². The third-order valence-electron chi connectivity index (χ3n) is 6.08. The molecule has 27 heavy (non-hydrogen) atoms. The van der Waals surface area contributed by atoms with Crippen molar-refractivity contribution in [2.75, 3.05) is 18.6 Å². The molecule has 1 amide bonds. The second-order valence-corrected chi connectivity index (χ2v) is 7.84. The van der Waals surface area contributed by atoms with Gasteiger partial charge in [0.05, 0.1) is 13.7 Å². The van der Waals surface area contributed by atoms with Gasteiger partial charge in [0.1, 0.15) is 11.4 Å². The number of fused-ring (bicyclic) bond motifs is 3. The van der Waals surface area contributed by atoms with Gasteiger partial charge in [-0.3, -0.25) is 4.79 Å². The van der Waals surface area contributed by atoms with Crippen molar-refractivity contribution in [3.63, 3.8) is 0 Å². The first-order valence-electron chi connectivity index (χ1n) is 9.46. The maximum Gasteiger partial charge on any atom is 0.241 e. The molecular weight excluding hydrogens is 336 g/mol. The summed E-state index contributed by atoms with van der Waals surface area (Å²) in [5.74, 6) is 0.898. The molecule has 4 rings (SSSR count). The van der Waals surface area contributed by atoms with Crippen molar-refractivity contribution in [3.05, 3.63) is 65.2 Å². The van der Waals surface area contributed by atoms with Crippen LogP contribution < -0.4 is 15.0 Å². The van der Waals surface area contributed by atoms with Gasteiger partial charge in [-0.25, -0.2) is 0 Å². The predicted octanol–water partition coefficient (Wildman–Crippen LogP) is 3.89.